The minimum Gasteiger partial charge on any atom is -0.306 e. The zero-order valence-electron chi connectivity index (χ0n) is 11.5. The first-order valence-corrected chi connectivity index (χ1v) is 8.11. The Balaban J connectivity index is 1.96. The van der Waals surface area contributed by atoms with Gasteiger partial charge in [0, 0.05) is 9.58 Å². The molecule has 0 spiro atoms. The first kappa shape index (κ1) is 12.9. The molecule has 0 fully saturated rings. The quantitative estimate of drug-likeness (QED) is 0.767. The van der Waals surface area contributed by atoms with E-state index in [1.165, 1.54) is 40.6 Å². The van der Waals surface area contributed by atoms with Crippen LogP contribution in [-0.4, -0.2) is 6.54 Å². The van der Waals surface area contributed by atoms with Crippen molar-refractivity contribution < 1.29 is 0 Å². The fraction of sp³-hybridized carbons (Fsp3) is 0.412. The second-order valence-corrected chi connectivity index (χ2v) is 6.32. The molecule has 1 aromatic carbocycles. The van der Waals surface area contributed by atoms with Gasteiger partial charge in [0.1, 0.15) is 0 Å². The van der Waals surface area contributed by atoms with Gasteiger partial charge in [-0.3, -0.25) is 0 Å². The number of hydrogen-bond acceptors (Lipinski definition) is 2. The molecule has 19 heavy (non-hydrogen) atoms. The van der Waals surface area contributed by atoms with Crippen molar-refractivity contribution in [3.8, 4) is 0 Å². The van der Waals surface area contributed by atoms with Gasteiger partial charge in [-0.15, -0.1) is 11.3 Å². The lowest BCUT2D eigenvalue weighted by atomic mass is 9.93. The van der Waals surface area contributed by atoms with Crippen LogP contribution in [0.5, 0.6) is 0 Å². The highest BCUT2D eigenvalue weighted by atomic mass is 32.1. The van der Waals surface area contributed by atoms with Gasteiger partial charge in [0.05, 0.1) is 6.04 Å². The minimum absolute atomic E-state index is 0.433. The van der Waals surface area contributed by atoms with Gasteiger partial charge in [-0.25, -0.2) is 0 Å². The minimum atomic E-state index is 0.433. The molecule has 0 amide bonds. The normalized spacial score (nSPS) is 17.4. The molecule has 100 valence electrons. The van der Waals surface area contributed by atoms with Crippen molar-refractivity contribution in [3.63, 3.8) is 0 Å². The Labute approximate surface area is 119 Å². The summed E-state index contributed by atoms with van der Waals surface area (Å²) in [6.45, 7) is 3.22. The van der Waals surface area contributed by atoms with Gasteiger partial charge in [0.2, 0.25) is 0 Å². The highest BCUT2D eigenvalue weighted by molar-refractivity contribution is 7.19. The molecule has 1 nitrogen and oxygen atoms in total. The first-order valence-electron chi connectivity index (χ1n) is 7.29. The molecule has 0 aliphatic heterocycles. The van der Waals surface area contributed by atoms with E-state index < -0.39 is 0 Å². The van der Waals surface area contributed by atoms with Gasteiger partial charge in [-0.05, 0) is 49.7 Å². The molecule has 1 heterocycles. The van der Waals surface area contributed by atoms with Gasteiger partial charge >= 0.3 is 0 Å². The van der Waals surface area contributed by atoms with Gasteiger partial charge in [-0.2, -0.15) is 0 Å². The molecule has 0 bridgehead atoms. The van der Waals surface area contributed by atoms with Crippen LogP contribution in [0.3, 0.4) is 0 Å². The Morgan fingerprint density at radius 1 is 1.26 bits per heavy atom. The number of hydrogen-bond donors (Lipinski definition) is 1. The number of allylic oxidation sites excluding steroid dienone is 1. The van der Waals surface area contributed by atoms with E-state index in [0.717, 1.165) is 6.54 Å². The highest BCUT2D eigenvalue weighted by Gasteiger charge is 2.19. The van der Waals surface area contributed by atoms with Gasteiger partial charge in [-0.1, -0.05) is 36.8 Å². The largest absolute Gasteiger partial charge is 0.306 e. The van der Waals surface area contributed by atoms with E-state index in [-0.39, 0.29) is 0 Å². The molecule has 1 unspecified atom stereocenters. The number of rotatable bonds is 4. The van der Waals surface area contributed by atoms with Gasteiger partial charge in [0.15, 0.2) is 0 Å². The lowest BCUT2D eigenvalue weighted by Crippen LogP contribution is -2.22. The predicted molar refractivity (Wildman–Crippen MR) is 84.8 cm³/mol. The number of benzene rings is 1. The third-order valence-corrected chi connectivity index (χ3v) is 5.02. The van der Waals surface area contributed by atoms with E-state index in [9.17, 15) is 0 Å². The molecular formula is C17H21NS. The summed E-state index contributed by atoms with van der Waals surface area (Å²) in [6, 6.07) is 11.5. The number of thiophene rings is 1. The summed E-state index contributed by atoms with van der Waals surface area (Å²) in [7, 11) is 0. The average molecular weight is 271 g/mol. The number of fused-ring (bicyclic) bond motifs is 1. The van der Waals surface area contributed by atoms with Crippen molar-refractivity contribution in [1.82, 2.24) is 5.32 Å². The molecule has 1 atom stereocenters. The van der Waals surface area contributed by atoms with Crippen LogP contribution in [0.25, 0.3) is 10.1 Å². The summed E-state index contributed by atoms with van der Waals surface area (Å²) < 4.78 is 1.40. The topological polar surface area (TPSA) is 12.0 Å². The second kappa shape index (κ2) is 5.89. The molecule has 3 rings (SSSR count). The van der Waals surface area contributed by atoms with Crippen LogP contribution in [0.15, 0.2) is 42.0 Å². The molecular weight excluding hydrogens is 250 g/mol. The van der Waals surface area contributed by atoms with Crippen LogP contribution >= 0.6 is 11.3 Å². The number of nitrogens with one attached hydrogen (secondary N) is 1. The van der Waals surface area contributed by atoms with Crippen molar-refractivity contribution in [2.45, 2.75) is 38.6 Å². The Kier molecular flexibility index (Phi) is 4.00. The van der Waals surface area contributed by atoms with Crippen LogP contribution in [-0.2, 0) is 0 Å². The number of likely N-dealkylation sites (N-methyl/N-ethyl adjacent to an activating group) is 1. The van der Waals surface area contributed by atoms with Crippen LogP contribution in [0, 0.1) is 0 Å². The van der Waals surface area contributed by atoms with Crippen molar-refractivity contribution in [2.24, 2.45) is 0 Å². The fourth-order valence-electron chi connectivity index (χ4n) is 2.89. The Hall–Kier alpha value is -1.12. The lowest BCUT2D eigenvalue weighted by molar-refractivity contribution is 0.570. The SMILES string of the molecule is CCNC(C1=CCCCC1)c1cc2ccccc2s1. The highest BCUT2D eigenvalue weighted by Crippen LogP contribution is 2.36. The third kappa shape index (κ3) is 2.75. The van der Waals surface area contributed by atoms with E-state index >= 15 is 0 Å². The molecule has 1 aliphatic carbocycles. The van der Waals surface area contributed by atoms with Crippen molar-refractivity contribution in [2.75, 3.05) is 6.54 Å². The summed E-state index contributed by atoms with van der Waals surface area (Å²) >= 11 is 1.94. The van der Waals surface area contributed by atoms with Crippen molar-refractivity contribution in [3.05, 3.63) is 46.9 Å². The molecule has 1 aliphatic rings. The Bertz CT molecular complexity index is 549. The smallest absolute Gasteiger partial charge is 0.0630 e. The maximum atomic E-state index is 3.67. The molecule has 0 saturated heterocycles. The van der Waals surface area contributed by atoms with Crippen LogP contribution in [0.4, 0.5) is 0 Å². The molecule has 1 aromatic heterocycles. The lowest BCUT2D eigenvalue weighted by Gasteiger charge is -2.23. The van der Waals surface area contributed by atoms with E-state index in [0.29, 0.717) is 6.04 Å². The molecule has 2 heteroatoms. The van der Waals surface area contributed by atoms with E-state index in [1.807, 2.05) is 11.3 Å². The first-order chi connectivity index (χ1) is 9.38. The zero-order valence-corrected chi connectivity index (χ0v) is 12.3. The summed E-state index contributed by atoms with van der Waals surface area (Å²) in [4.78, 5) is 1.47. The predicted octanol–water partition coefficient (Wildman–Crippen LogP) is 5.05. The van der Waals surface area contributed by atoms with Crippen LogP contribution in [0.1, 0.15) is 43.5 Å². The average Bonchev–Trinajstić information content (AvgIpc) is 2.89. The van der Waals surface area contributed by atoms with E-state index in [1.54, 1.807) is 5.57 Å². The molecule has 2 aromatic rings. The molecule has 0 radical (unpaired) electrons. The van der Waals surface area contributed by atoms with E-state index in [4.69, 9.17) is 0 Å². The second-order valence-electron chi connectivity index (χ2n) is 5.20. The molecule has 0 saturated carbocycles. The Morgan fingerprint density at radius 2 is 2.16 bits per heavy atom. The van der Waals surface area contributed by atoms with Crippen molar-refractivity contribution in [1.29, 1.82) is 0 Å². The standard InChI is InChI=1S/C17H21NS/c1-2-18-17(13-8-4-3-5-9-13)16-12-14-10-6-7-11-15(14)19-16/h6-8,10-12,17-18H,2-5,9H2,1H3. The maximum Gasteiger partial charge on any atom is 0.0630 e. The zero-order chi connectivity index (χ0) is 13.1. The summed E-state index contributed by atoms with van der Waals surface area (Å²) in [5, 5.41) is 5.05. The molecule has 1 N–H and O–H groups in total. The van der Waals surface area contributed by atoms with Gasteiger partial charge < -0.3 is 5.32 Å². The maximum absolute atomic E-state index is 3.67. The van der Waals surface area contributed by atoms with Crippen molar-refractivity contribution >= 4 is 21.4 Å². The van der Waals surface area contributed by atoms with Gasteiger partial charge in [0.25, 0.3) is 0 Å². The van der Waals surface area contributed by atoms with E-state index in [2.05, 4.69) is 48.6 Å². The van der Waals surface area contributed by atoms with Crippen LogP contribution < -0.4 is 5.32 Å². The Morgan fingerprint density at radius 3 is 2.89 bits per heavy atom. The summed E-state index contributed by atoms with van der Waals surface area (Å²) in [5.41, 5.74) is 1.60. The summed E-state index contributed by atoms with van der Waals surface area (Å²) in [5.74, 6) is 0. The summed E-state index contributed by atoms with van der Waals surface area (Å²) in [6.07, 6.45) is 7.67. The monoisotopic (exact) mass is 271 g/mol. The fourth-order valence-corrected chi connectivity index (χ4v) is 4.07. The third-order valence-electron chi connectivity index (χ3n) is 3.83. The van der Waals surface area contributed by atoms with Crippen LogP contribution in [0.2, 0.25) is 0 Å².